The molecule has 8 nitrogen and oxygen atoms in total. The summed E-state index contributed by atoms with van der Waals surface area (Å²) in [5.41, 5.74) is 3.05. The smallest absolute Gasteiger partial charge is 0.239 e. The zero-order valence-corrected chi connectivity index (χ0v) is 19.6. The van der Waals surface area contributed by atoms with E-state index in [4.69, 9.17) is 4.74 Å². The van der Waals surface area contributed by atoms with Crippen LogP contribution in [0, 0.1) is 10.5 Å². The third kappa shape index (κ3) is 4.81. The first-order valence-corrected chi connectivity index (χ1v) is 11.3. The third-order valence-electron chi connectivity index (χ3n) is 4.55. The van der Waals surface area contributed by atoms with Crippen molar-refractivity contribution in [1.29, 1.82) is 0 Å². The van der Waals surface area contributed by atoms with E-state index in [2.05, 4.69) is 54.2 Å². The van der Waals surface area contributed by atoms with Gasteiger partial charge >= 0.3 is 0 Å². The molecule has 3 aromatic rings. The van der Waals surface area contributed by atoms with E-state index in [0.717, 1.165) is 43.4 Å². The number of nitrogens with zero attached hydrogens (tertiary/aromatic N) is 4. The summed E-state index contributed by atoms with van der Waals surface area (Å²) in [6.45, 7) is 3.93. The number of rotatable bonds is 5. The predicted octanol–water partition coefficient (Wildman–Crippen LogP) is 3.59. The lowest BCUT2D eigenvalue weighted by Gasteiger charge is -2.17. The van der Waals surface area contributed by atoms with Gasteiger partial charge in [0, 0.05) is 31.2 Å². The van der Waals surface area contributed by atoms with Gasteiger partial charge in [-0.2, -0.15) is 4.98 Å². The van der Waals surface area contributed by atoms with Gasteiger partial charge in [-0.3, -0.25) is 4.79 Å². The van der Waals surface area contributed by atoms with E-state index >= 15 is 0 Å². The number of anilines is 3. The summed E-state index contributed by atoms with van der Waals surface area (Å²) in [6, 6.07) is 6.21. The number of hydrogen-bond acceptors (Lipinski definition) is 8. The standard InChI is InChI=1S/C20H21IN6O2S/c1-12-6-13(8-14(7-12)25-19-23-9-15(21)18(26-19)29-2)16-10-24-20(30-16)27-5-3-4-22-17(28)11-27/h6-10H,3-5,11H2,1-2H3,(H,22,28)(H,23,25,26). The van der Waals surface area contributed by atoms with E-state index in [1.54, 1.807) is 24.6 Å². The van der Waals surface area contributed by atoms with Gasteiger partial charge in [0.1, 0.15) is 0 Å². The molecule has 0 bridgehead atoms. The number of halogens is 1. The third-order valence-corrected chi connectivity index (χ3v) is 6.40. The minimum atomic E-state index is 0.0410. The maximum Gasteiger partial charge on any atom is 0.239 e. The number of methoxy groups -OCH3 is 1. The van der Waals surface area contributed by atoms with Crippen molar-refractivity contribution in [2.45, 2.75) is 13.3 Å². The molecule has 1 aliphatic heterocycles. The van der Waals surface area contributed by atoms with Gasteiger partial charge in [-0.15, -0.1) is 0 Å². The topological polar surface area (TPSA) is 92.3 Å². The normalized spacial score (nSPS) is 14.2. The molecule has 1 fully saturated rings. The van der Waals surface area contributed by atoms with Gasteiger partial charge < -0.3 is 20.3 Å². The molecule has 0 radical (unpaired) electrons. The quantitative estimate of drug-likeness (QED) is 0.482. The Balaban J connectivity index is 1.58. The summed E-state index contributed by atoms with van der Waals surface area (Å²) in [5, 5.41) is 7.02. The SMILES string of the molecule is COc1nc(Nc2cc(C)cc(-c3cnc(N4CCCNC(=O)C4)s3)c2)ncc1I. The lowest BCUT2D eigenvalue weighted by molar-refractivity contribution is -0.119. The van der Waals surface area contributed by atoms with E-state index < -0.39 is 0 Å². The largest absolute Gasteiger partial charge is 0.480 e. The highest BCUT2D eigenvalue weighted by atomic mass is 127. The lowest BCUT2D eigenvalue weighted by atomic mass is 10.1. The number of nitrogens with one attached hydrogen (secondary N) is 2. The fourth-order valence-corrected chi connectivity index (χ4v) is 4.60. The summed E-state index contributed by atoms with van der Waals surface area (Å²) < 4.78 is 6.13. The molecule has 10 heteroatoms. The van der Waals surface area contributed by atoms with Gasteiger partial charge in [-0.1, -0.05) is 17.4 Å². The second-order valence-corrected chi connectivity index (χ2v) is 9.07. The molecule has 1 saturated heterocycles. The van der Waals surface area contributed by atoms with E-state index in [9.17, 15) is 4.79 Å². The monoisotopic (exact) mass is 536 g/mol. The fourth-order valence-electron chi connectivity index (χ4n) is 3.20. The molecule has 4 rings (SSSR count). The van der Waals surface area contributed by atoms with Gasteiger partial charge in [-0.05, 0) is 59.2 Å². The first-order valence-electron chi connectivity index (χ1n) is 9.45. The second kappa shape index (κ2) is 9.13. The van der Waals surface area contributed by atoms with Crippen molar-refractivity contribution in [2.75, 3.05) is 37.0 Å². The Bertz CT molecular complexity index is 1070. The summed E-state index contributed by atoms with van der Waals surface area (Å²) in [4.78, 5) is 28.2. The van der Waals surface area contributed by atoms with Crippen LogP contribution < -0.4 is 20.3 Å². The van der Waals surface area contributed by atoms with E-state index in [1.165, 1.54) is 0 Å². The molecular weight excluding hydrogens is 515 g/mol. The average molecular weight is 536 g/mol. The maximum atomic E-state index is 11.9. The molecule has 0 atom stereocenters. The van der Waals surface area contributed by atoms with Gasteiger partial charge in [-0.25, -0.2) is 9.97 Å². The van der Waals surface area contributed by atoms with Gasteiger partial charge in [0.05, 0.1) is 22.1 Å². The van der Waals surface area contributed by atoms with Crippen molar-refractivity contribution in [1.82, 2.24) is 20.3 Å². The number of carbonyl (C=O) groups is 1. The van der Waals surface area contributed by atoms with Crippen molar-refractivity contribution in [3.63, 3.8) is 0 Å². The Hall–Kier alpha value is -2.47. The van der Waals surface area contributed by atoms with Gasteiger partial charge in [0.2, 0.25) is 17.7 Å². The minimum Gasteiger partial charge on any atom is -0.480 e. The first-order chi connectivity index (χ1) is 14.5. The zero-order chi connectivity index (χ0) is 21.1. The van der Waals surface area contributed by atoms with Crippen LogP contribution in [0.3, 0.4) is 0 Å². The minimum absolute atomic E-state index is 0.0410. The van der Waals surface area contributed by atoms with Crippen molar-refractivity contribution < 1.29 is 9.53 Å². The van der Waals surface area contributed by atoms with E-state index in [-0.39, 0.29) is 5.91 Å². The van der Waals surface area contributed by atoms with Crippen LogP contribution in [0.5, 0.6) is 5.88 Å². The van der Waals surface area contributed by atoms with Crippen LogP contribution >= 0.6 is 33.9 Å². The van der Waals surface area contributed by atoms with Crippen molar-refractivity contribution in [3.8, 4) is 16.3 Å². The van der Waals surface area contributed by atoms with Gasteiger partial charge in [0.15, 0.2) is 5.13 Å². The van der Waals surface area contributed by atoms with Crippen LogP contribution in [-0.4, -0.2) is 47.6 Å². The highest BCUT2D eigenvalue weighted by molar-refractivity contribution is 14.1. The van der Waals surface area contributed by atoms with E-state index in [0.29, 0.717) is 24.9 Å². The van der Waals surface area contributed by atoms with Crippen molar-refractivity contribution >= 4 is 56.6 Å². The molecule has 0 aliphatic carbocycles. The Morgan fingerprint density at radius 2 is 2.13 bits per heavy atom. The number of amides is 1. The Kier molecular flexibility index (Phi) is 6.32. The molecule has 2 aromatic heterocycles. The number of carbonyl (C=O) groups excluding carboxylic acids is 1. The number of benzene rings is 1. The number of ether oxygens (including phenoxy) is 1. The molecule has 3 heterocycles. The lowest BCUT2D eigenvalue weighted by Crippen LogP contribution is -2.32. The maximum absolute atomic E-state index is 11.9. The molecule has 0 saturated carbocycles. The molecule has 1 aromatic carbocycles. The Morgan fingerprint density at radius 3 is 2.97 bits per heavy atom. The molecule has 2 N–H and O–H groups in total. The molecular formula is C20H21IN6O2S. The van der Waals surface area contributed by atoms with Crippen molar-refractivity contribution in [3.05, 3.63) is 39.7 Å². The van der Waals surface area contributed by atoms with Crippen LogP contribution in [0.1, 0.15) is 12.0 Å². The number of aromatic nitrogens is 3. The van der Waals surface area contributed by atoms with Crippen LogP contribution in [0.15, 0.2) is 30.6 Å². The number of thiazole rings is 1. The first kappa shape index (κ1) is 20.8. The highest BCUT2D eigenvalue weighted by Crippen LogP contribution is 2.34. The molecule has 1 amide bonds. The summed E-state index contributed by atoms with van der Waals surface area (Å²) in [7, 11) is 1.59. The summed E-state index contributed by atoms with van der Waals surface area (Å²) in [5.74, 6) is 1.05. The van der Waals surface area contributed by atoms with Crippen LogP contribution in [0.2, 0.25) is 0 Å². The van der Waals surface area contributed by atoms with E-state index in [1.807, 2.05) is 30.2 Å². The Labute approximate surface area is 192 Å². The summed E-state index contributed by atoms with van der Waals surface area (Å²) >= 11 is 3.73. The second-order valence-electron chi connectivity index (χ2n) is 6.90. The van der Waals surface area contributed by atoms with Crippen LogP contribution in [-0.2, 0) is 4.79 Å². The Morgan fingerprint density at radius 1 is 1.27 bits per heavy atom. The number of aryl methyl sites for hydroxylation is 1. The fraction of sp³-hybridized carbons (Fsp3) is 0.300. The van der Waals surface area contributed by atoms with Crippen LogP contribution in [0.25, 0.3) is 10.4 Å². The molecule has 0 spiro atoms. The van der Waals surface area contributed by atoms with Crippen molar-refractivity contribution in [2.24, 2.45) is 0 Å². The number of hydrogen-bond donors (Lipinski definition) is 2. The zero-order valence-electron chi connectivity index (χ0n) is 16.6. The van der Waals surface area contributed by atoms with Gasteiger partial charge in [0.25, 0.3) is 0 Å². The van der Waals surface area contributed by atoms with Crippen LogP contribution in [0.4, 0.5) is 16.8 Å². The molecule has 156 valence electrons. The molecule has 0 unspecified atom stereocenters. The highest BCUT2D eigenvalue weighted by Gasteiger charge is 2.18. The molecule has 1 aliphatic rings. The summed E-state index contributed by atoms with van der Waals surface area (Å²) in [6.07, 6.45) is 4.50. The predicted molar refractivity (Wildman–Crippen MR) is 127 cm³/mol. The molecule has 30 heavy (non-hydrogen) atoms. The average Bonchev–Trinajstić information content (AvgIpc) is 3.12.